The Bertz CT molecular complexity index is 813. The zero-order chi connectivity index (χ0) is 16.4. The van der Waals surface area contributed by atoms with E-state index in [0.717, 1.165) is 22.6 Å². The molecule has 1 unspecified atom stereocenters. The first-order chi connectivity index (χ1) is 11.0. The Kier molecular flexibility index (Phi) is 4.50. The van der Waals surface area contributed by atoms with Gasteiger partial charge in [0.25, 0.3) is 10.0 Å². The summed E-state index contributed by atoms with van der Waals surface area (Å²) in [4.78, 5) is 1.34. The van der Waals surface area contributed by atoms with Gasteiger partial charge in [0.1, 0.15) is 0 Å². The van der Waals surface area contributed by atoms with Gasteiger partial charge in [-0.2, -0.15) is 0 Å². The molecule has 2 aromatic rings. The molecule has 23 heavy (non-hydrogen) atoms. The third-order valence-corrected chi connectivity index (χ3v) is 6.90. The molecule has 120 valence electrons. The van der Waals surface area contributed by atoms with E-state index in [1.165, 1.54) is 4.31 Å². The number of benzene rings is 2. The first kappa shape index (κ1) is 16.1. The first-order valence-corrected chi connectivity index (χ1v) is 9.80. The predicted molar refractivity (Wildman–Crippen MR) is 96.6 cm³/mol. The SMILES string of the molecule is C=CCC1CN(S(=O)(=O)c2ccc(C)cc2)c2ccccc2S1. The van der Waals surface area contributed by atoms with Crippen molar-refractivity contribution >= 4 is 27.5 Å². The molecule has 5 heteroatoms. The Hall–Kier alpha value is -1.72. The number of para-hydroxylation sites is 1. The van der Waals surface area contributed by atoms with E-state index in [1.807, 2.05) is 49.4 Å². The highest BCUT2D eigenvalue weighted by molar-refractivity contribution is 8.00. The number of anilines is 1. The van der Waals surface area contributed by atoms with Crippen LogP contribution in [0.3, 0.4) is 0 Å². The van der Waals surface area contributed by atoms with Crippen LogP contribution in [0.4, 0.5) is 5.69 Å². The summed E-state index contributed by atoms with van der Waals surface area (Å²) in [6, 6.07) is 14.7. The maximum Gasteiger partial charge on any atom is 0.264 e. The molecule has 0 radical (unpaired) electrons. The van der Waals surface area contributed by atoms with Gasteiger partial charge >= 0.3 is 0 Å². The van der Waals surface area contributed by atoms with Crippen LogP contribution in [0.2, 0.25) is 0 Å². The van der Waals surface area contributed by atoms with E-state index in [9.17, 15) is 8.42 Å². The first-order valence-electron chi connectivity index (χ1n) is 7.48. The molecule has 3 rings (SSSR count). The standard InChI is InChI=1S/C18H19NO2S2/c1-3-6-15-13-19(17-7-4-5-8-18(17)22-15)23(20,21)16-11-9-14(2)10-12-16/h3-5,7-12,15H,1,6,13H2,2H3. The molecule has 1 heterocycles. The largest absolute Gasteiger partial charge is 0.264 e. The normalized spacial score (nSPS) is 17.6. The van der Waals surface area contributed by atoms with Crippen molar-refractivity contribution in [3.63, 3.8) is 0 Å². The summed E-state index contributed by atoms with van der Waals surface area (Å²) in [5, 5.41) is 0.183. The summed E-state index contributed by atoms with van der Waals surface area (Å²) in [7, 11) is -3.56. The molecule has 1 aliphatic heterocycles. The minimum absolute atomic E-state index is 0.183. The van der Waals surface area contributed by atoms with Crippen molar-refractivity contribution < 1.29 is 8.42 Å². The molecule has 2 aromatic carbocycles. The maximum atomic E-state index is 13.1. The van der Waals surface area contributed by atoms with Gasteiger partial charge in [-0.15, -0.1) is 18.3 Å². The Morgan fingerprint density at radius 1 is 1.22 bits per heavy atom. The van der Waals surface area contributed by atoms with Crippen LogP contribution in [0.25, 0.3) is 0 Å². The summed E-state index contributed by atoms with van der Waals surface area (Å²) in [6.45, 7) is 6.19. The minimum atomic E-state index is -3.56. The van der Waals surface area contributed by atoms with Gasteiger partial charge in [-0.25, -0.2) is 8.42 Å². The number of aryl methyl sites for hydroxylation is 1. The van der Waals surface area contributed by atoms with E-state index in [0.29, 0.717) is 11.4 Å². The number of nitrogens with zero attached hydrogens (tertiary/aromatic N) is 1. The van der Waals surface area contributed by atoms with E-state index < -0.39 is 10.0 Å². The lowest BCUT2D eigenvalue weighted by Gasteiger charge is -2.34. The molecule has 0 N–H and O–H groups in total. The number of sulfonamides is 1. The van der Waals surface area contributed by atoms with Crippen molar-refractivity contribution in [2.75, 3.05) is 10.8 Å². The van der Waals surface area contributed by atoms with Crippen LogP contribution in [-0.4, -0.2) is 20.2 Å². The van der Waals surface area contributed by atoms with Crippen molar-refractivity contribution in [1.82, 2.24) is 0 Å². The van der Waals surface area contributed by atoms with E-state index in [1.54, 1.807) is 23.9 Å². The van der Waals surface area contributed by atoms with Crippen molar-refractivity contribution in [2.24, 2.45) is 0 Å². The monoisotopic (exact) mass is 345 g/mol. The Morgan fingerprint density at radius 2 is 1.91 bits per heavy atom. The molecule has 0 spiro atoms. The van der Waals surface area contributed by atoms with Gasteiger partial charge in [-0.05, 0) is 37.6 Å². The van der Waals surface area contributed by atoms with E-state index >= 15 is 0 Å². The van der Waals surface area contributed by atoms with Gasteiger partial charge in [0, 0.05) is 16.7 Å². The van der Waals surface area contributed by atoms with Crippen LogP contribution in [0.1, 0.15) is 12.0 Å². The molecule has 0 saturated carbocycles. The van der Waals surface area contributed by atoms with Gasteiger partial charge in [0.15, 0.2) is 0 Å². The Morgan fingerprint density at radius 3 is 2.61 bits per heavy atom. The van der Waals surface area contributed by atoms with Gasteiger partial charge in [-0.1, -0.05) is 35.9 Å². The van der Waals surface area contributed by atoms with Crippen molar-refractivity contribution in [2.45, 2.75) is 28.4 Å². The number of rotatable bonds is 4. The fourth-order valence-corrected chi connectivity index (χ4v) is 5.59. The zero-order valence-electron chi connectivity index (χ0n) is 13.0. The maximum absolute atomic E-state index is 13.1. The fraction of sp³-hybridized carbons (Fsp3) is 0.222. The van der Waals surface area contributed by atoms with Crippen LogP contribution >= 0.6 is 11.8 Å². The second-order valence-corrected chi connectivity index (χ2v) is 8.79. The number of hydrogen-bond acceptors (Lipinski definition) is 3. The highest BCUT2D eigenvalue weighted by atomic mass is 32.2. The minimum Gasteiger partial charge on any atom is -0.264 e. The van der Waals surface area contributed by atoms with Crippen molar-refractivity contribution in [1.29, 1.82) is 0 Å². The van der Waals surface area contributed by atoms with Gasteiger partial charge in [0.2, 0.25) is 0 Å². The third-order valence-electron chi connectivity index (χ3n) is 3.84. The second kappa shape index (κ2) is 6.42. The molecule has 0 saturated heterocycles. The molecule has 1 atom stereocenters. The molecule has 1 aliphatic rings. The molecule has 0 bridgehead atoms. The second-order valence-electron chi connectivity index (χ2n) is 5.58. The Balaban J connectivity index is 2.06. The molecular weight excluding hydrogens is 326 g/mol. The van der Waals surface area contributed by atoms with Crippen LogP contribution in [0.15, 0.2) is 71.0 Å². The topological polar surface area (TPSA) is 37.4 Å². The lowest BCUT2D eigenvalue weighted by molar-refractivity contribution is 0.588. The summed E-state index contributed by atoms with van der Waals surface area (Å²) in [5.41, 5.74) is 1.81. The van der Waals surface area contributed by atoms with Crippen molar-refractivity contribution in [3.05, 3.63) is 66.7 Å². The average Bonchev–Trinajstić information content (AvgIpc) is 2.55. The van der Waals surface area contributed by atoms with Crippen LogP contribution in [0.5, 0.6) is 0 Å². The number of fused-ring (bicyclic) bond motifs is 1. The lowest BCUT2D eigenvalue weighted by Crippen LogP contribution is -2.39. The highest BCUT2D eigenvalue weighted by Crippen LogP contribution is 2.41. The lowest BCUT2D eigenvalue weighted by atomic mass is 10.2. The number of thioether (sulfide) groups is 1. The molecule has 0 aromatic heterocycles. The smallest absolute Gasteiger partial charge is 0.264 e. The fourth-order valence-electron chi connectivity index (χ4n) is 2.64. The molecule has 0 aliphatic carbocycles. The van der Waals surface area contributed by atoms with E-state index in [2.05, 4.69) is 6.58 Å². The summed E-state index contributed by atoms with van der Waals surface area (Å²) in [5.74, 6) is 0. The van der Waals surface area contributed by atoms with E-state index in [-0.39, 0.29) is 5.25 Å². The van der Waals surface area contributed by atoms with Gasteiger partial charge in [-0.3, -0.25) is 4.31 Å². The summed E-state index contributed by atoms with van der Waals surface area (Å²) < 4.78 is 27.7. The average molecular weight is 345 g/mol. The molecular formula is C18H19NO2S2. The zero-order valence-corrected chi connectivity index (χ0v) is 14.6. The third kappa shape index (κ3) is 3.16. The highest BCUT2D eigenvalue weighted by Gasteiger charge is 2.33. The van der Waals surface area contributed by atoms with Gasteiger partial charge in [0.05, 0.1) is 10.6 Å². The molecule has 3 nitrogen and oxygen atoms in total. The molecule has 0 amide bonds. The van der Waals surface area contributed by atoms with Crippen LogP contribution < -0.4 is 4.31 Å². The number of hydrogen-bond donors (Lipinski definition) is 0. The predicted octanol–water partition coefficient (Wildman–Crippen LogP) is 4.24. The van der Waals surface area contributed by atoms with Crippen LogP contribution in [-0.2, 0) is 10.0 Å². The summed E-state index contributed by atoms with van der Waals surface area (Å²) in [6.07, 6.45) is 2.63. The molecule has 0 fully saturated rings. The van der Waals surface area contributed by atoms with Crippen molar-refractivity contribution in [3.8, 4) is 0 Å². The summed E-state index contributed by atoms with van der Waals surface area (Å²) >= 11 is 1.72. The van der Waals surface area contributed by atoms with Crippen LogP contribution in [0, 0.1) is 6.92 Å². The quantitative estimate of drug-likeness (QED) is 0.778. The van der Waals surface area contributed by atoms with E-state index in [4.69, 9.17) is 0 Å². The number of allylic oxidation sites excluding steroid dienone is 1. The Labute approximate surface area is 142 Å². The van der Waals surface area contributed by atoms with Gasteiger partial charge < -0.3 is 0 Å².